The molecule has 4 rings (SSSR count). The van der Waals surface area contributed by atoms with Crippen molar-refractivity contribution in [3.05, 3.63) is 63.9 Å². The Bertz CT molecular complexity index is 1030. The summed E-state index contributed by atoms with van der Waals surface area (Å²) >= 11 is 12.3. The highest BCUT2D eigenvalue weighted by Gasteiger charge is 2.21. The van der Waals surface area contributed by atoms with Gasteiger partial charge in [-0.15, -0.1) is 0 Å². The predicted molar refractivity (Wildman–Crippen MR) is 110 cm³/mol. The largest absolute Gasteiger partial charge is 0.484 e. The SMILES string of the molecule is Cc1ncc(-c2cnn(C3CCOC3)c2)cc1OC(C)c1c(Cl)ccc(F)c1Cl. The number of aromatic nitrogens is 3. The van der Waals surface area contributed by atoms with Crippen LogP contribution in [0.1, 0.15) is 36.7 Å². The number of hydrogen-bond acceptors (Lipinski definition) is 4. The summed E-state index contributed by atoms with van der Waals surface area (Å²) in [5, 5.41) is 4.78. The number of aryl methyl sites for hydroxylation is 1. The zero-order valence-corrected chi connectivity index (χ0v) is 17.5. The van der Waals surface area contributed by atoms with Gasteiger partial charge >= 0.3 is 0 Å². The molecule has 1 saturated heterocycles. The van der Waals surface area contributed by atoms with Gasteiger partial charge in [0.05, 0.1) is 29.6 Å². The molecule has 0 bridgehead atoms. The number of ether oxygens (including phenoxy) is 2. The molecule has 0 radical (unpaired) electrons. The molecule has 2 aromatic heterocycles. The van der Waals surface area contributed by atoms with E-state index in [2.05, 4.69) is 10.1 Å². The summed E-state index contributed by atoms with van der Waals surface area (Å²) in [4.78, 5) is 4.44. The fourth-order valence-electron chi connectivity index (χ4n) is 3.37. The maximum atomic E-state index is 13.9. The quantitative estimate of drug-likeness (QED) is 0.475. The van der Waals surface area contributed by atoms with E-state index in [4.69, 9.17) is 32.7 Å². The monoisotopic (exact) mass is 435 g/mol. The van der Waals surface area contributed by atoms with E-state index in [0.29, 0.717) is 28.6 Å². The van der Waals surface area contributed by atoms with E-state index >= 15 is 0 Å². The molecule has 152 valence electrons. The normalized spacial score (nSPS) is 17.5. The van der Waals surface area contributed by atoms with Gasteiger partial charge in [-0.2, -0.15) is 5.10 Å². The fraction of sp³-hybridized carbons (Fsp3) is 0.333. The van der Waals surface area contributed by atoms with E-state index in [0.717, 1.165) is 24.2 Å². The molecule has 8 heteroatoms. The van der Waals surface area contributed by atoms with Crippen LogP contribution in [-0.2, 0) is 4.74 Å². The van der Waals surface area contributed by atoms with E-state index in [9.17, 15) is 4.39 Å². The minimum Gasteiger partial charge on any atom is -0.484 e. The standard InChI is InChI=1S/C21H20Cl2FN3O2/c1-12-19(29-13(2)20-17(22)3-4-18(24)21(20)23)7-14(8-25-12)15-9-26-27(10-15)16-5-6-28-11-16/h3-4,7-10,13,16H,5-6,11H2,1-2H3. The lowest BCUT2D eigenvalue weighted by Crippen LogP contribution is -2.08. The first-order valence-electron chi connectivity index (χ1n) is 9.33. The predicted octanol–water partition coefficient (Wildman–Crippen LogP) is 5.80. The number of pyridine rings is 1. The van der Waals surface area contributed by atoms with E-state index in [-0.39, 0.29) is 11.1 Å². The van der Waals surface area contributed by atoms with Gasteiger partial charge < -0.3 is 9.47 Å². The van der Waals surface area contributed by atoms with Crippen LogP contribution >= 0.6 is 23.2 Å². The highest BCUT2D eigenvalue weighted by molar-refractivity contribution is 6.36. The summed E-state index contributed by atoms with van der Waals surface area (Å²) in [6.07, 6.45) is 5.97. The second-order valence-corrected chi connectivity index (χ2v) is 7.84. The van der Waals surface area contributed by atoms with Crippen molar-refractivity contribution in [3.63, 3.8) is 0 Å². The van der Waals surface area contributed by atoms with Crippen molar-refractivity contribution in [1.29, 1.82) is 0 Å². The van der Waals surface area contributed by atoms with E-state index in [1.807, 2.05) is 23.9 Å². The molecule has 1 aliphatic heterocycles. The summed E-state index contributed by atoms with van der Waals surface area (Å²) in [6.45, 7) is 5.05. The topological polar surface area (TPSA) is 49.2 Å². The van der Waals surface area contributed by atoms with Crippen molar-refractivity contribution in [2.75, 3.05) is 13.2 Å². The van der Waals surface area contributed by atoms with Gasteiger partial charge in [0.25, 0.3) is 0 Å². The molecule has 0 N–H and O–H groups in total. The van der Waals surface area contributed by atoms with Crippen LogP contribution in [0.3, 0.4) is 0 Å². The molecule has 2 atom stereocenters. The van der Waals surface area contributed by atoms with Gasteiger partial charge in [-0.1, -0.05) is 23.2 Å². The Morgan fingerprint density at radius 2 is 2.10 bits per heavy atom. The van der Waals surface area contributed by atoms with Gasteiger partial charge in [0.1, 0.15) is 17.7 Å². The van der Waals surface area contributed by atoms with Crippen LogP contribution in [-0.4, -0.2) is 28.0 Å². The second kappa shape index (κ2) is 8.30. The summed E-state index contributed by atoms with van der Waals surface area (Å²) in [6, 6.07) is 4.86. The fourth-order valence-corrected chi connectivity index (χ4v) is 4.05. The van der Waals surface area contributed by atoms with Crippen LogP contribution in [0.2, 0.25) is 10.0 Å². The van der Waals surface area contributed by atoms with Crippen molar-refractivity contribution in [1.82, 2.24) is 14.8 Å². The summed E-state index contributed by atoms with van der Waals surface area (Å²) in [7, 11) is 0. The zero-order valence-electron chi connectivity index (χ0n) is 16.0. The Morgan fingerprint density at radius 3 is 2.86 bits per heavy atom. The van der Waals surface area contributed by atoms with Gasteiger partial charge in [0.15, 0.2) is 0 Å². The lowest BCUT2D eigenvalue weighted by atomic mass is 10.1. The van der Waals surface area contributed by atoms with Crippen molar-refractivity contribution < 1.29 is 13.9 Å². The highest BCUT2D eigenvalue weighted by Crippen LogP contribution is 2.36. The Balaban J connectivity index is 1.60. The van der Waals surface area contributed by atoms with Crippen LogP contribution in [0.5, 0.6) is 5.75 Å². The van der Waals surface area contributed by atoms with Gasteiger partial charge in [-0.25, -0.2) is 4.39 Å². The van der Waals surface area contributed by atoms with Crippen molar-refractivity contribution in [2.45, 2.75) is 32.4 Å². The minimum atomic E-state index is -0.556. The first kappa shape index (κ1) is 20.1. The van der Waals surface area contributed by atoms with E-state index in [1.165, 1.54) is 12.1 Å². The van der Waals surface area contributed by atoms with Crippen molar-refractivity contribution >= 4 is 23.2 Å². The number of rotatable bonds is 5. The summed E-state index contributed by atoms with van der Waals surface area (Å²) in [5.41, 5.74) is 2.93. The summed E-state index contributed by atoms with van der Waals surface area (Å²) in [5.74, 6) is 0.0387. The molecule has 0 spiro atoms. The molecule has 0 aliphatic carbocycles. The molecule has 29 heavy (non-hydrogen) atoms. The maximum Gasteiger partial charge on any atom is 0.142 e. The van der Waals surface area contributed by atoms with Crippen LogP contribution in [0.25, 0.3) is 11.1 Å². The molecule has 1 aliphatic rings. The number of nitrogens with zero attached hydrogens (tertiary/aromatic N) is 3. The average molecular weight is 436 g/mol. The Kier molecular flexibility index (Phi) is 5.76. The molecule has 3 heterocycles. The Hall–Kier alpha value is -2.15. The second-order valence-electron chi connectivity index (χ2n) is 7.05. The van der Waals surface area contributed by atoms with Gasteiger partial charge in [-0.3, -0.25) is 9.67 Å². The van der Waals surface area contributed by atoms with E-state index < -0.39 is 11.9 Å². The number of halogens is 3. The highest BCUT2D eigenvalue weighted by atomic mass is 35.5. The average Bonchev–Trinajstić information content (AvgIpc) is 3.38. The third-order valence-corrected chi connectivity index (χ3v) is 5.76. The van der Waals surface area contributed by atoms with Crippen LogP contribution in [0, 0.1) is 12.7 Å². The molecular weight excluding hydrogens is 416 g/mol. The lowest BCUT2D eigenvalue weighted by molar-refractivity contribution is 0.184. The van der Waals surface area contributed by atoms with Crippen LogP contribution < -0.4 is 4.74 Å². The third-order valence-electron chi connectivity index (χ3n) is 5.04. The first-order chi connectivity index (χ1) is 13.9. The van der Waals surface area contributed by atoms with E-state index in [1.54, 1.807) is 19.3 Å². The van der Waals surface area contributed by atoms with Crippen molar-refractivity contribution in [2.24, 2.45) is 0 Å². The van der Waals surface area contributed by atoms with Gasteiger partial charge in [0, 0.05) is 40.7 Å². The third kappa shape index (κ3) is 4.10. The zero-order chi connectivity index (χ0) is 20.5. The number of hydrogen-bond donors (Lipinski definition) is 0. The van der Waals surface area contributed by atoms with Crippen molar-refractivity contribution in [3.8, 4) is 16.9 Å². The first-order valence-corrected chi connectivity index (χ1v) is 10.1. The molecule has 5 nitrogen and oxygen atoms in total. The maximum absolute atomic E-state index is 13.9. The Labute approximate surface area is 178 Å². The molecule has 2 unspecified atom stereocenters. The summed E-state index contributed by atoms with van der Waals surface area (Å²) < 4.78 is 27.3. The molecule has 3 aromatic rings. The molecule has 1 aromatic carbocycles. The molecule has 1 fully saturated rings. The van der Waals surface area contributed by atoms with Crippen LogP contribution in [0.4, 0.5) is 4.39 Å². The lowest BCUT2D eigenvalue weighted by Gasteiger charge is -2.19. The Morgan fingerprint density at radius 1 is 1.28 bits per heavy atom. The minimum absolute atomic E-state index is 0.0353. The molecule has 0 saturated carbocycles. The van der Waals surface area contributed by atoms with Gasteiger partial charge in [-0.05, 0) is 38.5 Å². The molecule has 0 amide bonds. The molecular formula is C21H20Cl2FN3O2. The van der Waals surface area contributed by atoms with Crippen LogP contribution in [0.15, 0.2) is 36.8 Å². The number of benzene rings is 1. The van der Waals surface area contributed by atoms with Gasteiger partial charge in [0.2, 0.25) is 0 Å². The smallest absolute Gasteiger partial charge is 0.142 e.